The van der Waals surface area contributed by atoms with Crippen LogP contribution in [-0.2, 0) is 9.59 Å². The Hall–Kier alpha value is -1.46. The van der Waals surface area contributed by atoms with Gasteiger partial charge in [-0.2, -0.15) is 0 Å². The molecule has 1 aliphatic rings. The fourth-order valence-electron chi connectivity index (χ4n) is 1.70. The van der Waals surface area contributed by atoms with Gasteiger partial charge in [-0.05, 0) is 24.6 Å². The molecule has 1 atom stereocenters. The van der Waals surface area contributed by atoms with Crippen LogP contribution in [0.1, 0.15) is 6.42 Å². The second-order valence-electron chi connectivity index (χ2n) is 4.06. The van der Waals surface area contributed by atoms with E-state index in [1.807, 2.05) is 0 Å². The molecule has 1 aromatic rings. The monoisotopic (exact) mass is 302 g/mol. The van der Waals surface area contributed by atoms with E-state index in [9.17, 15) is 9.59 Å². The fraction of sp³-hybridized carbons (Fsp3) is 0.333. The second-order valence-corrected chi connectivity index (χ2v) is 4.91. The summed E-state index contributed by atoms with van der Waals surface area (Å²) >= 11 is 11.6. The number of hydrogen-bond donors (Lipinski definition) is 2. The Morgan fingerprint density at radius 1 is 1.47 bits per heavy atom. The molecule has 0 aromatic heterocycles. The van der Waals surface area contributed by atoms with Crippen LogP contribution in [0.3, 0.4) is 0 Å². The lowest BCUT2D eigenvalue weighted by Gasteiger charge is -2.11. The first-order valence-electron chi connectivity index (χ1n) is 5.71. The first-order valence-corrected chi connectivity index (χ1v) is 6.47. The molecule has 2 rings (SSSR count). The number of hydrogen-bond acceptors (Lipinski definition) is 3. The van der Waals surface area contributed by atoms with E-state index < -0.39 is 6.04 Å². The maximum atomic E-state index is 11.6. The lowest BCUT2D eigenvalue weighted by Crippen LogP contribution is -2.42. The zero-order valence-electron chi connectivity index (χ0n) is 9.91. The van der Waals surface area contributed by atoms with Crippen molar-refractivity contribution < 1.29 is 14.3 Å². The molecule has 2 amide bonds. The number of carbonyl (C=O) groups excluding carboxylic acids is 2. The molecule has 7 heteroatoms. The van der Waals surface area contributed by atoms with E-state index in [0.29, 0.717) is 28.8 Å². The molecule has 1 aliphatic heterocycles. The van der Waals surface area contributed by atoms with E-state index >= 15 is 0 Å². The number of benzene rings is 1. The third-order valence-corrected chi connectivity index (χ3v) is 3.17. The molecule has 19 heavy (non-hydrogen) atoms. The summed E-state index contributed by atoms with van der Waals surface area (Å²) < 4.78 is 5.26. The van der Waals surface area contributed by atoms with Gasteiger partial charge in [-0.25, -0.2) is 0 Å². The Morgan fingerprint density at radius 2 is 2.26 bits per heavy atom. The standard InChI is InChI=1S/C12H12Cl2N2O3/c13-7-1-2-10(8(14)5-7)19-6-11(17)16-9-3-4-15-12(9)18/h1-2,5,9H,3-4,6H2,(H,15,18)(H,16,17). The Morgan fingerprint density at radius 3 is 2.89 bits per heavy atom. The van der Waals surface area contributed by atoms with Crippen molar-refractivity contribution in [1.29, 1.82) is 0 Å². The van der Waals surface area contributed by atoms with Crippen molar-refractivity contribution in [2.75, 3.05) is 13.2 Å². The molecule has 5 nitrogen and oxygen atoms in total. The average Bonchev–Trinajstić information content (AvgIpc) is 2.74. The van der Waals surface area contributed by atoms with Gasteiger partial charge in [0.15, 0.2) is 6.61 Å². The van der Waals surface area contributed by atoms with Crippen molar-refractivity contribution in [3.8, 4) is 5.75 Å². The van der Waals surface area contributed by atoms with Crippen molar-refractivity contribution >= 4 is 35.0 Å². The molecule has 1 unspecified atom stereocenters. The molecular weight excluding hydrogens is 291 g/mol. The molecular formula is C12H12Cl2N2O3. The van der Waals surface area contributed by atoms with Crippen molar-refractivity contribution in [2.45, 2.75) is 12.5 Å². The molecule has 102 valence electrons. The summed E-state index contributed by atoms with van der Waals surface area (Å²) in [5, 5.41) is 6.04. The Bertz CT molecular complexity index is 508. The van der Waals surface area contributed by atoms with Crippen LogP contribution in [0.4, 0.5) is 0 Å². The quantitative estimate of drug-likeness (QED) is 0.883. The molecule has 0 spiro atoms. The summed E-state index contributed by atoms with van der Waals surface area (Å²) in [6, 6.07) is 4.25. The van der Waals surface area contributed by atoms with Gasteiger partial charge >= 0.3 is 0 Å². The van der Waals surface area contributed by atoms with Crippen molar-refractivity contribution in [3.05, 3.63) is 28.2 Å². The number of ether oxygens (including phenoxy) is 1. The van der Waals surface area contributed by atoms with Crippen LogP contribution >= 0.6 is 23.2 Å². The number of nitrogens with one attached hydrogen (secondary N) is 2. The highest BCUT2D eigenvalue weighted by atomic mass is 35.5. The molecule has 2 N–H and O–H groups in total. The van der Waals surface area contributed by atoms with Crippen LogP contribution in [0.5, 0.6) is 5.75 Å². The minimum atomic E-state index is -0.475. The summed E-state index contributed by atoms with van der Waals surface area (Å²) in [7, 11) is 0. The predicted molar refractivity (Wildman–Crippen MR) is 71.5 cm³/mol. The lowest BCUT2D eigenvalue weighted by atomic mass is 10.2. The van der Waals surface area contributed by atoms with Gasteiger partial charge < -0.3 is 15.4 Å². The number of halogens is 2. The number of rotatable bonds is 4. The van der Waals surface area contributed by atoms with Crippen LogP contribution in [-0.4, -0.2) is 31.0 Å². The van der Waals surface area contributed by atoms with Crippen LogP contribution in [0.2, 0.25) is 10.0 Å². The van der Waals surface area contributed by atoms with E-state index in [1.54, 1.807) is 12.1 Å². The van der Waals surface area contributed by atoms with Gasteiger partial charge in [0.1, 0.15) is 11.8 Å². The van der Waals surface area contributed by atoms with Gasteiger partial charge in [0.25, 0.3) is 5.91 Å². The number of carbonyl (C=O) groups is 2. The SMILES string of the molecule is O=C(COc1ccc(Cl)cc1Cl)NC1CCNC1=O. The second kappa shape index (κ2) is 6.12. The average molecular weight is 303 g/mol. The molecule has 1 aromatic carbocycles. The summed E-state index contributed by atoms with van der Waals surface area (Å²) in [6.07, 6.45) is 0.590. The van der Waals surface area contributed by atoms with Crippen molar-refractivity contribution in [2.24, 2.45) is 0 Å². The molecule has 1 saturated heterocycles. The summed E-state index contributed by atoms with van der Waals surface area (Å²) in [4.78, 5) is 22.9. The molecule has 1 heterocycles. The van der Waals surface area contributed by atoms with Gasteiger partial charge in [-0.3, -0.25) is 9.59 Å². The van der Waals surface area contributed by atoms with Gasteiger partial charge in [-0.1, -0.05) is 23.2 Å². The lowest BCUT2D eigenvalue weighted by molar-refractivity contribution is -0.128. The highest BCUT2D eigenvalue weighted by Gasteiger charge is 2.25. The van der Waals surface area contributed by atoms with Crippen molar-refractivity contribution in [3.63, 3.8) is 0 Å². The highest BCUT2D eigenvalue weighted by molar-refractivity contribution is 6.35. The maximum absolute atomic E-state index is 11.6. The molecule has 0 radical (unpaired) electrons. The maximum Gasteiger partial charge on any atom is 0.258 e. The normalized spacial score (nSPS) is 18.0. The van der Waals surface area contributed by atoms with E-state index in [4.69, 9.17) is 27.9 Å². The molecule has 0 aliphatic carbocycles. The predicted octanol–water partition coefficient (Wildman–Crippen LogP) is 1.38. The van der Waals surface area contributed by atoms with E-state index in [0.717, 1.165) is 0 Å². The highest BCUT2D eigenvalue weighted by Crippen LogP contribution is 2.27. The van der Waals surface area contributed by atoms with Crippen LogP contribution in [0.15, 0.2) is 18.2 Å². The summed E-state index contributed by atoms with van der Waals surface area (Å²) in [5.74, 6) is -0.164. The van der Waals surface area contributed by atoms with Gasteiger partial charge in [0, 0.05) is 11.6 Å². The summed E-state index contributed by atoms with van der Waals surface area (Å²) in [6.45, 7) is 0.374. The first kappa shape index (κ1) is 14.0. The van der Waals surface area contributed by atoms with E-state index in [2.05, 4.69) is 10.6 Å². The largest absolute Gasteiger partial charge is 0.482 e. The minimum Gasteiger partial charge on any atom is -0.482 e. The third kappa shape index (κ3) is 3.75. The third-order valence-electron chi connectivity index (χ3n) is 2.64. The molecule has 1 fully saturated rings. The minimum absolute atomic E-state index is 0.169. The Balaban J connectivity index is 1.84. The van der Waals surface area contributed by atoms with Crippen LogP contribution in [0, 0.1) is 0 Å². The number of amides is 2. The van der Waals surface area contributed by atoms with Crippen molar-refractivity contribution in [1.82, 2.24) is 10.6 Å². The Kier molecular flexibility index (Phi) is 4.50. The zero-order valence-corrected chi connectivity index (χ0v) is 11.4. The smallest absolute Gasteiger partial charge is 0.258 e. The fourth-order valence-corrected chi connectivity index (χ4v) is 2.17. The van der Waals surface area contributed by atoms with Crippen LogP contribution < -0.4 is 15.4 Å². The van der Waals surface area contributed by atoms with Crippen LogP contribution in [0.25, 0.3) is 0 Å². The summed E-state index contributed by atoms with van der Waals surface area (Å²) in [5.41, 5.74) is 0. The molecule has 0 bridgehead atoms. The van der Waals surface area contributed by atoms with E-state index in [1.165, 1.54) is 6.07 Å². The van der Waals surface area contributed by atoms with Gasteiger partial charge in [-0.15, -0.1) is 0 Å². The topological polar surface area (TPSA) is 67.4 Å². The Labute approximate surface area is 120 Å². The van der Waals surface area contributed by atoms with E-state index in [-0.39, 0.29) is 18.4 Å². The van der Waals surface area contributed by atoms with Gasteiger partial charge in [0.2, 0.25) is 5.91 Å². The molecule has 0 saturated carbocycles. The van der Waals surface area contributed by atoms with Gasteiger partial charge in [0.05, 0.1) is 5.02 Å². The first-order chi connectivity index (χ1) is 9.06. The zero-order chi connectivity index (χ0) is 13.8.